The molecule has 4 nitrogen and oxygen atoms in total. The van der Waals surface area contributed by atoms with Gasteiger partial charge in [-0.25, -0.2) is 0 Å². The van der Waals surface area contributed by atoms with Crippen LogP contribution in [0.3, 0.4) is 0 Å². The highest BCUT2D eigenvalue weighted by atomic mass is 35.5. The van der Waals surface area contributed by atoms with Crippen LogP contribution in [0.2, 0.25) is 5.02 Å². The first-order chi connectivity index (χ1) is 8.50. The van der Waals surface area contributed by atoms with Crippen LogP contribution in [0.4, 0.5) is 0 Å². The standard InChI is InChI=1S/C13H16ClNO3/c1-9(5-4-8-12(16)17)15-13(18)10-6-2-3-7-11(10)14/h2-3,6-7,9H,4-5,8H2,1H3,(H,15,18)(H,16,17). The van der Waals surface area contributed by atoms with Crippen molar-refractivity contribution < 1.29 is 14.7 Å². The number of carbonyl (C=O) groups is 2. The van der Waals surface area contributed by atoms with E-state index in [9.17, 15) is 9.59 Å². The maximum atomic E-state index is 11.9. The highest BCUT2D eigenvalue weighted by molar-refractivity contribution is 6.33. The molecule has 0 aliphatic carbocycles. The Morgan fingerprint density at radius 2 is 2.06 bits per heavy atom. The first kappa shape index (κ1) is 14.5. The zero-order valence-electron chi connectivity index (χ0n) is 10.1. The zero-order chi connectivity index (χ0) is 13.5. The van der Waals surface area contributed by atoms with Crippen LogP contribution in [0.5, 0.6) is 0 Å². The summed E-state index contributed by atoms with van der Waals surface area (Å²) in [6.07, 6.45) is 1.29. The third kappa shape index (κ3) is 4.75. The van der Waals surface area contributed by atoms with E-state index < -0.39 is 5.97 Å². The maximum Gasteiger partial charge on any atom is 0.303 e. The van der Waals surface area contributed by atoms with Crippen molar-refractivity contribution in [2.24, 2.45) is 0 Å². The van der Waals surface area contributed by atoms with Gasteiger partial charge in [0.1, 0.15) is 0 Å². The van der Waals surface area contributed by atoms with Gasteiger partial charge in [0.15, 0.2) is 0 Å². The highest BCUT2D eigenvalue weighted by Gasteiger charge is 2.12. The third-order valence-electron chi connectivity index (χ3n) is 2.52. The quantitative estimate of drug-likeness (QED) is 0.834. The molecule has 0 aromatic heterocycles. The van der Waals surface area contributed by atoms with Crippen LogP contribution in [0.1, 0.15) is 36.5 Å². The molecule has 98 valence electrons. The summed E-state index contributed by atoms with van der Waals surface area (Å²) in [7, 11) is 0. The normalized spacial score (nSPS) is 11.9. The number of carbonyl (C=O) groups excluding carboxylic acids is 1. The molecule has 1 aromatic carbocycles. The number of rotatable bonds is 6. The lowest BCUT2D eigenvalue weighted by Crippen LogP contribution is -2.32. The van der Waals surface area contributed by atoms with Crippen molar-refractivity contribution in [3.05, 3.63) is 34.9 Å². The second-order valence-corrected chi connectivity index (χ2v) is 4.55. The van der Waals surface area contributed by atoms with E-state index in [-0.39, 0.29) is 18.4 Å². The number of benzene rings is 1. The van der Waals surface area contributed by atoms with Crippen molar-refractivity contribution in [1.82, 2.24) is 5.32 Å². The molecule has 0 aliphatic rings. The van der Waals surface area contributed by atoms with E-state index >= 15 is 0 Å². The fourth-order valence-electron chi connectivity index (χ4n) is 1.58. The van der Waals surface area contributed by atoms with Gasteiger partial charge in [-0.05, 0) is 31.9 Å². The van der Waals surface area contributed by atoms with E-state index in [1.54, 1.807) is 24.3 Å². The van der Waals surface area contributed by atoms with Gasteiger partial charge >= 0.3 is 5.97 Å². The maximum absolute atomic E-state index is 11.9. The number of amides is 1. The lowest BCUT2D eigenvalue weighted by atomic mass is 10.1. The number of nitrogens with one attached hydrogen (secondary N) is 1. The summed E-state index contributed by atoms with van der Waals surface area (Å²) in [5.41, 5.74) is 0.434. The number of aliphatic carboxylic acids is 1. The summed E-state index contributed by atoms with van der Waals surface area (Å²) in [6.45, 7) is 1.84. The molecule has 0 saturated heterocycles. The molecule has 0 spiro atoms. The fourth-order valence-corrected chi connectivity index (χ4v) is 1.80. The van der Waals surface area contributed by atoms with Crippen molar-refractivity contribution in [2.45, 2.75) is 32.2 Å². The summed E-state index contributed by atoms with van der Waals surface area (Å²) < 4.78 is 0. The Kier molecular flexibility index (Phi) is 5.65. The predicted octanol–water partition coefficient (Wildman–Crippen LogP) is 2.71. The Labute approximate surface area is 111 Å². The minimum Gasteiger partial charge on any atom is -0.481 e. The third-order valence-corrected chi connectivity index (χ3v) is 2.85. The molecular formula is C13H16ClNO3. The van der Waals surface area contributed by atoms with Crippen molar-refractivity contribution in [2.75, 3.05) is 0 Å². The second-order valence-electron chi connectivity index (χ2n) is 4.14. The van der Waals surface area contributed by atoms with Gasteiger partial charge in [-0.1, -0.05) is 23.7 Å². The van der Waals surface area contributed by atoms with Gasteiger partial charge in [0.2, 0.25) is 0 Å². The smallest absolute Gasteiger partial charge is 0.303 e. The molecule has 0 fully saturated rings. The largest absolute Gasteiger partial charge is 0.481 e. The van der Waals surface area contributed by atoms with Gasteiger partial charge in [-0.3, -0.25) is 9.59 Å². The molecule has 0 bridgehead atoms. The minimum absolute atomic E-state index is 0.0758. The average Bonchev–Trinajstić information content (AvgIpc) is 2.28. The molecule has 1 atom stereocenters. The molecule has 0 radical (unpaired) electrons. The SMILES string of the molecule is CC(CCCC(=O)O)NC(=O)c1ccccc1Cl. The van der Waals surface area contributed by atoms with Crippen molar-refractivity contribution in [3.63, 3.8) is 0 Å². The molecule has 0 heterocycles. The monoisotopic (exact) mass is 269 g/mol. The molecule has 0 aliphatic heterocycles. The van der Waals surface area contributed by atoms with Crippen LogP contribution in [0, 0.1) is 0 Å². The van der Waals surface area contributed by atoms with E-state index in [2.05, 4.69) is 5.32 Å². The summed E-state index contributed by atoms with van der Waals surface area (Å²) >= 11 is 5.91. The Balaban J connectivity index is 2.45. The average molecular weight is 270 g/mol. The first-order valence-corrected chi connectivity index (χ1v) is 6.15. The summed E-state index contributed by atoms with van der Waals surface area (Å²) in [4.78, 5) is 22.2. The Morgan fingerprint density at radius 1 is 1.39 bits per heavy atom. The number of hydrogen-bond acceptors (Lipinski definition) is 2. The zero-order valence-corrected chi connectivity index (χ0v) is 10.9. The second kappa shape index (κ2) is 7.01. The molecule has 1 aromatic rings. The van der Waals surface area contributed by atoms with Crippen LogP contribution in [-0.2, 0) is 4.79 Å². The van der Waals surface area contributed by atoms with Gasteiger partial charge in [-0.2, -0.15) is 0 Å². The van der Waals surface area contributed by atoms with Crippen LogP contribution in [-0.4, -0.2) is 23.0 Å². The van der Waals surface area contributed by atoms with Gasteiger partial charge in [-0.15, -0.1) is 0 Å². The molecule has 5 heteroatoms. The van der Waals surface area contributed by atoms with Crippen LogP contribution in [0.15, 0.2) is 24.3 Å². The minimum atomic E-state index is -0.820. The van der Waals surface area contributed by atoms with E-state index in [4.69, 9.17) is 16.7 Å². The summed E-state index contributed by atoms with van der Waals surface area (Å²) in [6, 6.07) is 6.74. The molecule has 18 heavy (non-hydrogen) atoms. The summed E-state index contributed by atoms with van der Waals surface area (Å²) in [5.74, 6) is -1.05. The van der Waals surface area contributed by atoms with E-state index in [1.165, 1.54) is 0 Å². The molecule has 0 saturated carbocycles. The van der Waals surface area contributed by atoms with Gasteiger partial charge in [0.25, 0.3) is 5.91 Å². The highest BCUT2D eigenvalue weighted by Crippen LogP contribution is 2.15. The number of carboxylic acids is 1. The number of halogens is 1. The van der Waals surface area contributed by atoms with Crippen LogP contribution < -0.4 is 5.32 Å². The van der Waals surface area contributed by atoms with Gasteiger partial charge in [0.05, 0.1) is 10.6 Å². The summed E-state index contributed by atoms with van der Waals surface area (Å²) in [5, 5.41) is 11.7. The lowest BCUT2D eigenvalue weighted by Gasteiger charge is -2.13. The van der Waals surface area contributed by atoms with Crippen molar-refractivity contribution >= 4 is 23.5 Å². The fraction of sp³-hybridized carbons (Fsp3) is 0.385. The Bertz CT molecular complexity index is 434. The predicted molar refractivity (Wildman–Crippen MR) is 69.9 cm³/mol. The van der Waals surface area contributed by atoms with Crippen molar-refractivity contribution in [1.29, 1.82) is 0 Å². The van der Waals surface area contributed by atoms with Crippen molar-refractivity contribution in [3.8, 4) is 0 Å². The molecule has 1 rings (SSSR count). The van der Waals surface area contributed by atoms with Crippen LogP contribution in [0.25, 0.3) is 0 Å². The Morgan fingerprint density at radius 3 is 2.67 bits per heavy atom. The number of hydrogen-bond donors (Lipinski definition) is 2. The topological polar surface area (TPSA) is 66.4 Å². The van der Waals surface area contributed by atoms with E-state index in [0.717, 1.165) is 0 Å². The lowest BCUT2D eigenvalue weighted by molar-refractivity contribution is -0.137. The molecular weight excluding hydrogens is 254 g/mol. The van der Waals surface area contributed by atoms with Gasteiger partial charge < -0.3 is 10.4 Å². The molecule has 1 amide bonds. The molecule has 2 N–H and O–H groups in total. The number of carboxylic acid groups (broad SMARTS) is 1. The molecule has 1 unspecified atom stereocenters. The van der Waals surface area contributed by atoms with E-state index in [1.807, 2.05) is 6.92 Å². The van der Waals surface area contributed by atoms with Crippen LogP contribution >= 0.6 is 11.6 Å². The Hall–Kier alpha value is -1.55. The van der Waals surface area contributed by atoms with Gasteiger partial charge in [0, 0.05) is 12.5 Å². The first-order valence-electron chi connectivity index (χ1n) is 5.78. The van der Waals surface area contributed by atoms with E-state index in [0.29, 0.717) is 23.4 Å².